The SMILES string of the molecule is CC(C)CNC(=O)CCCN1C(=O)COc2ccccc21. The molecule has 2 rings (SSSR count). The molecule has 0 aliphatic carbocycles. The molecule has 1 heterocycles. The van der Waals surface area contributed by atoms with E-state index in [1.807, 2.05) is 24.3 Å². The Morgan fingerprint density at radius 3 is 2.90 bits per heavy atom. The van der Waals surface area contributed by atoms with Crippen LogP contribution in [0.1, 0.15) is 26.7 Å². The lowest BCUT2D eigenvalue weighted by molar-refractivity contribution is -0.122. The van der Waals surface area contributed by atoms with Crippen LogP contribution in [-0.4, -0.2) is 31.5 Å². The number of carbonyl (C=O) groups is 2. The first-order chi connectivity index (χ1) is 10.1. The summed E-state index contributed by atoms with van der Waals surface area (Å²) in [6, 6.07) is 7.48. The van der Waals surface area contributed by atoms with Crippen molar-refractivity contribution in [3.8, 4) is 5.75 Å². The van der Waals surface area contributed by atoms with Gasteiger partial charge >= 0.3 is 0 Å². The highest BCUT2D eigenvalue weighted by Crippen LogP contribution is 2.31. The standard InChI is InChI=1S/C16H22N2O3/c1-12(2)10-17-15(19)8-5-9-18-13-6-3-4-7-14(13)21-11-16(18)20/h3-4,6-7,12H,5,8-11H2,1-2H3,(H,17,19). The Morgan fingerprint density at radius 1 is 1.38 bits per heavy atom. The molecule has 5 heteroatoms. The van der Waals surface area contributed by atoms with Gasteiger partial charge in [-0.05, 0) is 24.5 Å². The Labute approximate surface area is 125 Å². The van der Waals surface area contributed by atoms with E-state index in [1.54, 1.807) is 4.90 Å². The Morgan fingerprint density at radius 2 is 2.14 bits per heavy atom. The van der Waals surface area contributed by atoms with Crippen molar-refractivity contribution in [2.75, 3.05) is 24.6 Å². The number of fused-ring (bicyclic) bond motifs is 1. The lowest BCUT2D eigenvalue weighted by atomic mass is 10.2. The van der Waals surface area contributed by atoms with Crippen LogP contribution in [0, 0.1) is 5.92 Å². The summed E-state index contributed by atoms with van der Waals surface area (Å²) in [5, 5.41) is 2.88. The summed E-state index contributed by atoms with van der Waals surface area (Å²) >= 11 is 0. The fourth-order valence-electron chi connectivity index (χ4n) is 2.20. The molecule has 1 aliphatic heterocycles. The number of nitrogens with zero attached hydrogens (tertiary/aromatic N) is 1. The number of hydrogen-bond acceptors (Lipinski definition) is 3. The van der Waals surface area contributed by atoms with Crippen LogP contribution >= 0.6 is 0 Å². The van der Waals surface area contributed by atoms with Gasteiger partial charge in [0.15, 0.2) is 6.61 Å². The van der Waals surface area contributed by atoms with E-state index in [0.717, 1.165) is 11.4 Å². The van der Waals surface area contributed by atoms with E-state index in [4.69, 9.17) is 4.74 Å². The largest absolute Gasteiger partial charge is 0.482 e. The van der Waals surface area contributed by atoms with Crippen molar-refractivity contribution in [3.63, 3.8) is 0 Å². The number of ether oxygens (including phenoxy) is 1. The van der Waals surface area contributed by atoms with Crippen LogP contribution in [0.3, 0.4) is 0 Å². The number of nitrogens with one attached hydrogen (secondary N) is 1. The summed E-state index contributed by atoms with van der Waals surface area (Å²) in [5.74, 6) is 1.15. The minimum Gasteiger partial charge on any atom is -0.482 e. The van der Waals surface area contributed by atoms with Crippen molar-refractivity contribution in [1.29, 1.82) is 0 Å². The molecule has 114 valence electrons. The number of anilines is 1. The van der Waals surface area contributed by atoms with Crippen molar-refractivity contribution < 1.29 is 14.3 Å². The van der Waals surface area contributed by atoms with E-state index >= 15 is 0 Å². The normalized spacial score (nSPS) is 13.9. The smallest absolute Gasteiger partial charge is 0.265 e. The minimum absolute atomic E-state index is 0.0395. The second-order valence-corrected chi connectivity index (χ2v) is 5.60. The van der Waals surface area contributed by atoms with E-state index in [2.05, 4.69) is 19.2 Å². The number of hydrogen-bond donors (Lipinski definition) is 1. The molecule has 5 nitrogen and oxygen atoms in total. The second-order valence-electron chi connectivity index (χ2n) is 5.60. The van der Waals surface area contributed by atoms with Gasteiger partial charge in [0.05, 0.1) is 5.69 Å². The molecule has 1 N–H and O–H groups in total. The van der Waals surface area contributed by atoms with Crippen LogP contribution in [0.15, 0.2) is 24.3 Å². The summed E-state index contributed by atoms with van der Waals surface area (Å²) in [4.78, 5) is 25.3. The minimum atomic E-state index is -0.0590. The van der Waals surface area contributed by atoms with Crippen molar-refractivity contribution >= 4 is 17.5 Å². The van der Waals surface area contributed by atoms with Gasteiger partial charge in [0.2, 0.25) is 5.91 Å². The van der Waals surface area contributed by atoms with E-state index < -0.39 is 0 Å². The van der Waals surface area contributed by atoms with Gasteiger partial charge in [-0.1, -0.05) is 26.0 Å². The molecule has 0 radical (unpaired) electrons. The van der Waals surface area contributed by atoms with Gasteiger partial charge in [-0.3, -0.25) is 9.59 Å². The molecule has 1 aliphatic rings. The van der Waals surface area contributed by atoms with Gasteiger partial charge in [-0.2, -0.15) is 0 Å². The predicted octanol–water partition coefficient (Wildman–Crippen LogP) is 1.96. The maximum absolute atomic E-state index is 11.9. The van der Waals surface area contributed by atoms with Crippen LogP contribution in [0.5, 0.6) is 5.75 Å². The average molecular weight is 290 g/mol. The van der Waals surface area contributed by atoms with Gasteiger partial charge in [-0.15, -0.1) is 0 Å². The van der Waals surface area contributed by atoms with Crippen molar-refractivity contribution in [2.45, 2.75) is 26.7 Å². The molecule has 0 unspecified atom stereocenters. The molecule has 0 atom stereocenters. The number of rotatable bonds is 6. The molecule has 1 aromatic rings. The number of amides is 2. The molecular formula is C16H22N2O3. The van der Waals surface area contributed by atoms with Crippen LogP contribution < -0.4 is 15.0 Å². The molecule has 1 aromatic carbocycles. The van der Waals surface area contributed by atoms with Crippen molar-refractivity contribution in [2.24, 2.45) is 5.92 Å². The van der Waals surface area contributed by atoms with E-state index in [9.17, 15) is 9.59 Å². The molecule has 2 amide bonds. The first-order valence-corrected chi connectivity index (χ1v) is 7.37. The van der Waals surface area contributed by atoms with Gasteiger partial charge in [0, 0.05) is 19.5 Å². The highest BCUT2D eigenvalue weighted by Gasteiger charge is 2.24. The molecular weight excluding hydrogens is 268 g/mol. The molecule has 0 saturated heterocycles. The van der Waals surface area contributed by atoms with E-state index in [0.29, 0.717) is 31.8 Å². The van der Waals surface area contributed by atoms with Crippen LogP contribution in [0.4, 0.5) is 5.69 Å². The maximum atomic E-state index is 11.9. The highest BCUT2D eigenvalue weighted by atomic mass is 16.5. The predicted molar refractivity (Wildman–Crippen MR) is 81.4 cm³/mol. The summed E-state index contributed by atoms with van der Waals surface area (Å²) in [7, 11) is 0. The lowest BCUT2D eigenvalue weighted by Gasteiger charge is -2.29. The Balaban J connectivity index is 1.85. The Kier molecular flexibility index (Phi) is 5.20. The zero-order valence-corrected chi connectivity index (χ0v) is 12.6. The Hall–Kier alpha value is -2.04. The van der Waals surface area contributed by atoms with Gasteiger partial charge in [-0.25, -0.2) is 0 Å². The molecule has 21 heavy (non-hydrogen) atoms. The zero-order chi connectivity index (χ0) is 15.2. The monoisotopic (exact) mass is 290 g/mol. The zero-order valence-electron chi connectivity index (χ0n) is 12.6. The first-order valence-electron chi connectivity index (χ1n) is 7.37. The average Bonchev–Trinajstić information content (AvgIpc) is 2.47. The molecule has 0 aromatic heterocycles. The summed E-state index contributed by atoms with van der Waals surface area (Å²) in [6.45, 7) is 5.41. The van der Waals surface area contributed by atoms with Crippen molar-refractivity contribution in [3.05, 3.63) is 24.3 Å². The third kappa shape index (κ3) is 4.21. The quantitative estimate of drug-likeness (QED) is 0.871. The van der Waals surface area contributed by atoms with Gasteiger partial charge in [0.1, 0.15) is 5.75 Å². The first kappa shape index (κ1) is 15.4. The van der Waals surface area contributed by atoms with Crippen molar-refractivity contribution in [1.82, 2.24) is 5.32 Å². The fraction of sp³-hybridized carbons (Fsp3) is 0.500. The van der Waals surface area contributed by atoms with E-state index in [1.165, 1.54) is 0 Å². The number of para-hydroxylation sites is 2. The number of benzene rings is 1. The topological polar surface area (TPSA) is 58.6 Å². The molecule has 0 fully saturated rings. The summed E-state index contributed by atoms with van der Waals surface area (Å²) in [6.07, 6.45) is 1.07. The molecule has 0 bridgehead atoms. The van der Waals surface area contributed by atoms with E-state index in [-0.39, 0.29) is 18.4 Å². The highest BCUT2D eigenvalue weighted by molar-refractivity contribution is 5.97. The van der Waals surface area contributed by atoms with Gasteiger partial charge in [0.25, 0.3) is 5.91 Å². The van der Waals surface area contributed by atoms with Gasteiger partial charge < -0.3 is 15.0 Å². The summed E-state index contributed by atoms with van der Waals surface area (Å²) < 4.78 is 5.39. The number of carbonyl (C=O) groups excluding carboxylic acids is 2. The molecule has 0 saturated carbocycles. The second kappa shape index (κ2) is 7.11. The van der Waals surface area contributed by atoms with Crippen LogP contribution in [0.25, 0.3) is 0 Å². The van der Waals surface area contributed by atoms with Crippen LogP contribution in [0.2, 0.25) is 0 Å². The molecule has 0 spiro atoms. The summed E-state index contributed by atoms with van der Waals surface area (Å²) in [5.41, 5.74) is 0.788. The lowest BCUT2D eigenvalue weighted by Crippen LogP contribution is -2.39. The third-order valence-corrected chi connectivity index (χ3v) is 3.30. The maximum Gasteiger partial charge on any atom is 0.265 e. The Bertz CT molecular complexity index is 514. The third-order valence-electron chi connectivity index (χ3n) is 3.30. The fourth-order valence-corrected chi connectivity index (χ4v) is 2.20. The van der Waals surface area contributed by atoms with Crippen LogP contribution in [-0.2, 0) is 9.59 Å².